The van der Waals surface area contributed by atoms with Crippen LogP contribution in [0.3, 0.4) is 0 Å². The smallest absolute Gasteiger partial charge is 0.339 e. The lowest BCUT2D eigenvalue weighted by Crippen LogP contribution is -2.44. The van der Waals surface area contributed by atoms with Crippen molar-refractivity contribution in [3.63, 3.8) is 0 Å². The number of alkyl halides is 3. The summed E-state index contributed by atoms with van der Waals surface area (Å²) in [5.74, 6) is -0.611. The lowest BCUT2D eigenvalue weighted by molar-refractivity contribution is -0.137. The van der Waals surface area contributed by atoms with Gasteiger partial charge in [0.2, 0.25) is 5.91 Å². The van der Waals surface area contributed by atoms with Crippen LogP contribution in [0.25, 0.3) is 0 Å². The molecule has 0 radical (unpaired) electrons. The van der Waals surface area contributed by atoms with Gasteiger partial charge in [-0.25, -0.2) is 0 Å². The van der Waals surface area contributed by atoms with Gasteiger partial charge in [0.15, 0.2) is 0 Å². The number of piperidine rings is 1. The van der Waals surface area contributed by atoms with Crippen molar-refractivity contribution >= 4 is 29.1 Å². The lowest BCUT2D eigenvalue weighted by atomic mass is 9.94. The molecule has 8 heteroatoms. The number of benzene rings is 2. The van der Waals surface area contributed by atoms with Crippen LogP contribution in [-0.2, 0) is 17.4 Å². The van der Waals surface area contributed by atoms with E-state index in [2.05, 4.69) is 0 Å². The summed E-state index contributed by atoms with van der Waals surface area (Å²) in [5, 5.41) is 0.652. The maximum Gasteiger partial charge on any atom is 0.416 e. The summed E-state index contributed by atoms with van der Waals surface area (Å²) in [6.45, 7) is 1.33. The first-order valence-corrected chi connectivity index (χ1v) is 11.2. The zero-order chi connectivity index (χ0) is 22.9. The number of carbonyl (C=O) groups is 2. The first kappa shape index (κ1) is 22.6. The minimum Gasteiger partial charge on any atom is -0.339 e. The number of amides is 2. The van der Waals surface area contributed by atoms with Gasteiger partial charge in [-0.3, -0.25) is 9.59 Å². The highest BCUT2D eigenvalue weighted by atomic mass is 35.5. The normalized spacial score (nSPS) is 17.6. The number of aryl methyl sites for hydroxylation is 1. The van der Waals surface area contributed by atoms with Crippen molar-refractivity contribution in [1.82, 2.24) is 4.90 Å². The van der Waals surface area contributed by atoms with Crippen LogP contribution < -0.4 is 4.90 Å². The molecule has 0 aromatic heterocycles. The number of fused-ring (bicyclic) bond motifs is 1. The van der Waals surface area contributed by atoms with Gasteiger partial charge in [-0.05, 0) is 74.1 Å². The molecule has 4 rings (SSSR count). The van der Waals surface area contributed by atoms with Crippen molar-refractivity contribution in [2.24, 2.45) is 5.92 Å². The molecule has 0 unspecified atom stereocenters. The van der Waals surface area contributed by atoms with Crippen molar-refractivity contribution in [1.29, 1.82) is 0 Å². The van der Waals surface area contributed by atoms with Gasteiger partial charge in [-0.2, -0.15) is 13.2 Å². The predicted octanol–water partition coefficient (Wildman–Crippen LogP) is 5.58. The van der Waals surface area contributed by atoms with E-state index in [1.165, 1.54) is 17.0 Å². The van der Waals surface area contributed by atoms with E-state index in [1.54, 1.807) is 6.07 Å². The van der Waals surface area contributed by atoms with Crippen molar-refractivity contribution < 1.29 is 22.8 Å². The maximum absolute atomic E-state index is 13.3. The molecular weight excluding hydrogens is 441 g/mol. The number of hydrogen-bond acceptors (Lipinski definition) is 2. The molecule has 2 aromatic carbocycles. The van der Waals surface area contributed by atoms with E-state index in [9.17, 15) is 22.8 Å². The van der Waals surface area contributed by atoms with Crippen molar-refractivity contribution in [2.75, 3.05) is 24.5 Å². The van der Waals surface area contributed by atoms with E-state index in [0.717, 1.165) is 42.6 Å². The second kappa shape index (κ2) is 9.14. The molecule has 32 heavy (non-hydrogen) atoms. The molecule has 0 spiro atoms. The van der Waals surface area contributed by atoms with Crippen LogP contribution in [0.1, 0.15) is 47.2 Å². The summed E-state index contributed by atoms with van der Waals surface area (Å²) < 4.78 is 38.9. The maximum atomic E-state index is 13.3. The Balaban J connectivity index is 1.43. The Morgan fingerprint density at radius 3 is 2.44 bits per heavy atom. The summed E-state index contributed by atoms with van der Waals surface area (Å²) in [7, 11) is 0. The molecule has 0 bridgehead atoms. The van der Waals surface area contributed by atoms with E-state index in [4.69, 9.17) is 11.6 Å². The molecule has 1 saturated heterocycles. The van der Waals surface area contributed by atoms with Gasteiger partial charge in [0, 0.05) is 41.8 Å². The van der Waals surface area contributed by atoms with Crippen LogP contribution in [0.4, 0.5) is 18.9 Å². The second-order valence-electron chi connectivity index (χ2n) is 8.37. The zero-order valence-corrected chi connectivity index (χ0v) is 18.3. The van der Waals surface area contributed by atoms with Crippen molar-refractivity contribution in [2.45, 2.75) is 38.3 Å². The molecule has 2 heterocycles. The molecule has 2 aliphatic rings. The van der Waals surface area contributed by atoms with Gasteiger partial charge in [-0.1, -0.05) is 17.7 Å². The number of carbonyl (C=O) groups excluding carboxylic acids is 2. The average Bonchev–Trinajstić information content (AvgIpc) is 2.99. The SMILES string of the molecule is O=C(c1cccc(C(F)(F)F)c1)N1CCC(C(=O)N2CCCCc3cc(Cl)ccc32)CC1. The molecule has 1 fully saturated rings. The molecule has 0 N–H and O–H groups in total. The minimum absolute atomic E-state index is 0.0166. The number of likely N-dealkylation sites (tertiary alicyclic amines) is 1. The fraction of sp³-hybridized carbons (Fsp3) is 0.417. The van der Waals surface area contributed by atoms with Crippen LogP contribution in [0.2, 0.25) is 5.02 Å². The van der Waals surface area contributed by atoms with Gasteiger partial charge >= 0.3 is 6.18 Å². The highest BCUT2D eigenvalue weighted by Crippen LogP contribution is 2.33. The highest BCUT2D eigenvalue weighted by molar-refractivity contribution is 6.30. The van der Waals surface area contributed by atoms with Crippen molar-refractivity contribution in [3.8, 4) is 0 Å². The first-order valence-electron chi connectivity index (χ1n) is 10.8. The van der Waals surface area contributed by atoms with Gasteiger partial charge in [0.1, 0.15) is 0 Å². The Labute approximate surface area is 189 Å². The third kappa shape index (κ3) is 4.77. The Morgan fingerprint density at radius 1 is 0.969 bits per heavy atom. The Morgan fingerprint density at radius 2 is 1.72 bits per heavy atom. The number of anilines is 1. The van der Waals surface area contributed by atoms with E-state index in [-0.39, 0.29) is 17.4 Å². The van der Waals surface area contributed by atoms with E-state index >= 15 is 0 Å². The number of hydrogen-bond donors (Lipinski definition) is 0. The highest BCUT2D eigenvalue weighted by Gasteiger charge is 2.34. The number of nitrogens with zero attached hydrogens (tertiary/aromatic N) is 2. The van der Waals surface area contributed by atoms with Gasteiger partial charge in [-0.15, -0.1) is 0 Å². The molecule has 0 atom stereocenters. The largest absolute Gasteiger partial charge is 0.416 e. The molecule has 0 aliphatic carbocycles. The molecule has 4 nitrogen and oxygen atoms in total. The summed E-state index contributed by atoms with van der Waals surface area (Å²) in [6, 6.07) is 10.1. The summed E-state index contributed by atoms with van der Waals surface area (Å²) >= 11 is 6.13. The Bertz CT molecular complexity index is 1020. The van der Waals surface area contributed by atoms with E-state index < -0.39 is 17.6 Å². The third-order valence-electron chi connectivity index (χ3n) is 6.24. The van der Waals surface area contributed by atoms with Crippen molar-refractivity contribution in [3.05, 3.63) is 64.2 Å². The molecular formula is C24H24ClF3N2O2. The Kier molecular flexibility index (Phi) is 6.47. The summed E-state index contributed by atoms with van der Waals surface area (Å²) in [4.78, 5) is 29.4. The fourth-order valence-corrected chi connectivity index (χ4v) is 4.71. The van der Waals surface area contributed by atoms with Crippen LogP contribution in [0.15, 0.2) is 42.5 Å². The standard InChI is InChI=1S/C24H24ClF3N2O2/c25-20-7-8-21-17(15-20)4-1-2-11-30(21)23(32)16-9-12-29(13-10-16)22(31)18-5-3-6-19(14-18)24(26,27)28/h3,5-8,14-16H,1-2,4,9-13H2. The van der Waals surface area contributed by atoms with E-state index in [0.29, 0.717) is 37.5 Å². The molecule has 2 amide bonds. The molecule has 170 valence electrons. The van der Waals surface area contributed by atoms with Crippen LogP contribution >= 0.6 is 11.6 Å². The minimum atomic E-state index is -4.50. The third-order valence-corrected chi connectivity index (χ3v) is 6.48. The monoisotopic (exact) mass is 464 g/mol. The summed E-state index contributed by atoms with van der Waals surface area (Å²) in [5.41, 5.74) is 1.15. The predicted molar refractivity (Wildman–Crippen MR) is 117 cm³/mol. The van der Waals surface area contributed by atoms with Crippen LogP contribution in [0.5, 0.6) is 0 Å². The lowest BCUT2D eigenvalue weighted by Gasteiger charge is -2.34. The molecule has 0 saturated carbocycles. The molecule has 2 aromatic rings. The van der Waals surface area contributed by atoms with E-state index in [1.807, 2.05) is 17.0 Å². The van der Waals surface area contributed by atoms with Crippen LogP contribution in [-0.4, -0.2) is 36.3 Å². The quantitative estimate of drug-likeness (QED) is 0.582. The van der Waals surface area contributed by atoms with Gasteiger partial charge in [0.25, 0.3) is 5.91 Å². The summed E-state index contributed by atoms with van der Waals surface area (Å²) in [6.07, 6.45) is -0.745. The van der Waals surface area contributed by atoms with Crippen LogP contribution in [0, 0.1) is 5.92 Å². The van der Waals surface area contributed by atoms with Gasteiger partial charge < -0.3 is 9.80 Å². The Hall–Kier alpha value is -2.54. The molecule has 2 aliphatic heterocycles. The number of halogens is 4. The van der Waals surface area contributed by atoms with Gasteiger partial charge in [0.05, 0.1) is 5.56 Å². The fourth-order valence-electron chi connectivity index (χ4n) is 4.51. The average molecular weight is 465 g/mol. The topological polar surface area (TPSA) is 40.6 Å². The second-order valence-corrected chi connectivity index (χ2v) is 8.80. The first-order chi connectivity index (χ1) is 15.2. The number of rotatable bonds is 2. The zero-order valence-electron chi connectivity index (χ0n) is 17.5.